The summed E-state index contributed by atoms with van der Waals surface area (Å²) < 4.78 is 18.5. The summed E-state index contributed by atoms with van der Waals surface area (Å²) in [6.45, 7) is 2.55. The molecule has 3 N–H and O–H groups in total. The van der Waals surface area contributed by atoms with Crippen LogP contribution in [0.5, 0.6) is 10.4 Å². The van der Waals surface area contributed by atoms with E-state index in [1.54, 1.807) is 12.4 Å². The second-order valence-corrected chi connectivity index (χ2v) is 15.8. The Morgan fingerprint density at radius 3 is 2.25 bits per heavy atom. The van der Waals surface area contributed by atoms with Crippen LogP contribution >= 0.6 is 22.7 Å². The number of carbonyl (C=O) groups is 2. The van der Waals surface area contributed by atoms with E-state index in [-0.39, 0.29) is 18.0 Å². The van der Waals surface area contributed by atoms with E-state index in [9.17, 15) is 9.59 Å². The summed E-state index contributed by atoms with van der Waals surface area (Å²) >= 11 is 2.28. The van der Waals surface area contributed by atoms with Gasteiger partial charge in [-0.05, 0) is 109 Å². The highest BCUT2D eigenvalue weighted by Gasteiger charge is 2.31. The van der Waals surface area contributed by atoms with E-state index in [1.807, 2.05) is 41.9 Å². The van der Waals surface area contributed by atoms with E-state index < -0.39 is 0 Å². The van der Waals surface area contributed by atoms with E-state index in [0.717, 1.165) is 105 Å². The van der Waals surface area contributed by atoms with Crippen molar-refractivity contribution < 1.29 is 23.8 Å². The summed E-state index contributed by atoms with van der Waals surface area (Å²) in [6, 6.07) is 14.1. The molecule has 1 aliphatic carbocycles. The maximum Gasteiger partial charge on any atom is 0.295 e. The third kappa shape index (κ3) is 7.70. The van der Waals surface area contributed by atoms with Crippen LogP contribution in [0.4, 0.5) is 10.3 Å². The normalized spacial score (nSPS) is 15.5. The van der Waals surface area contributed by atoms with Crippen LogP contribution in [0.1, 0.15) is 87.7 Å². The summed E-state index contributed by atoms with van der Waals surface area (Å²) in [4.78, 5) is 40.1. The number of carbonyl (C=O) groups excluding carboxylic acids is 2. The fourth-order valence-electron chi connectivity index (χ4n) is 6.96. The van der Waals surface area contributed by atoms with Crippen LogP contribution in [-0.2, 0) is 11.2 Å². The van der Waals surface area contributed by atoms with E-state index in [1.165, 1.54) is 14.2 Å². The number of amides is 2. The molecule has 1 atom stereocenters. The van der Waals surface area contributed by atoms with Gasteiger partial charge in [0.15, 0.2) is 6.23 Å². The van der Waals surface area contributed by atoms with Gasteiger partial charge in [0.1, 0.15) is 0 Å². The van der Waals surface area contributed by atoms with Gasteiger partial charge in [0.25, 0.3) is 22.2 Å². The van der Waals surface area contributed by atoms with Crippen LogP contribution in [0.25, 0.3) is 33.3 Å². The molecule has 1 saturated heterocycles. The highest BCUT2D eigenvalue weighted by atomic mass is 32.1. The fourth-order valence-corrected chi connectivity index (χ4v) is 8.07. The van der Waals surface area contributed by atoms with Crippen molar-refractivity contribution in [2.75, 3.05) is 31.5 Å². The molecule has 0 spiro atoms. The van der Waals surface area contributed by atoms with E-state index in [2.05, 4.69) is 53.1 Å². The number of ether oxygens (including phenoxy) is 3. The third-order valence-electron chi connectivity index (χ3n) is 9.91. The van der Waals surface area contributed by atoms with Crippen molar-refractivity contribution in [3.63, 3.8) is 0 Å². The first-order valence-electron chi connectivity index (χ1n) is 18.5. The highest BCUT2D eigenvalue weighted by molar-refractivity contribution is 7.17. The molecule has 0 bridgehead atoms. The zero-order valence-corrected chi connectivity index (χ0v) is 32.9. The lowest BCUT2D eigenvalue weighted by Gasteiger charge is -2.25. The lowest BCUT2D eigenvalue weighted by molar-refractivity contribution is -0.0385. The lowest BCUT2D eigenvalue weighted by atomic mass is 9.99. The van der Waals surface area contributed by atoms with Crippen LogP contribution < -0.4 is 20.1 Å². The van der Waals surface area contributed by atoms with Gasteiger partial charge in [0, 0.05) is 64.9 Å². The number of anilines is 2. The zero-order chi connectivity index (χ0) is 39.0. The topological polar surface area (TPSA) is 197 Å². The number of pyridine rings is 2. The number of hydrogen-bond acceptors (Lipinski definition) is 14. The van der Waals surface area contributed by atoms with Crippen molar-refractivity contribution in [2.45, 2.75) is 57.6 Å². The van der Waals surface area contributed by atoms with Crippen LogP contribution in [0.2, 0.25) is 0 Å². The van der Waals surface area contributed by atoms with Crippen molar-refractivity contribution in [1.29, 1.82) is 0 Å². The van der Waals surface area contributed by atoms with Gasteiger partial charge in [-0.2, -0.15) is 5.10 Å². The van der Waals surface area contributed by atoms with Crippen LogP contribution in [-0.4, -0.2) is 77.8 Å². The number of benzene rings is 1. The van der Waals surface area contributed by atoms with Crippen LogP contribution in [0, 0.1) is 6.92 Å². The van der Waals surface area contributed by atoms with Gasteiger partial charge in [-0.1, -0.05) is 16.3 Å². The Kier molecular flexibility index (Phi) is 9.89. The predicted molar refractivity (Wildman–Crippen MR) is 214 cm³/mol. The molecule has 57 heavy (non-hydrogen) atoms. The second kappa shape index (κ2) is 15.4. The molecule has 2 fully saturated rings. The van der Waals surface area contributed by atoms with Gasteiger partial charge in [0.05, 0.1) is 36.7 Å². The smallest absolute Gasteiger partial charge is 0.295 e. The molecule has 2 amide bonds. The van der Waals surface area contributed by atoms with E-state index >= 15 is 0 Å². The molecule has 1 saturated carbocycles. The Morgan fingerprint density at radius 1 is 0.860 bits per heavy atom. The van der Waals surface area contributed by atoms with Gasteiger partial charge in [0.2, 0.25) is 10.3 Å². The van der Waals surface area contributed by atoms with Crippen molar-refractivity contribution in [3.05, 3.63) is 88.8 Å². The summed E-state index contributed by atoms with van der Waals surface area (Å²) in [6.07, 6.45) is 8.48. The third-order valence-corrected chi connectivity index (χ3v) is 11.5. The standard InChI is InChI=1S/C39H37N11O5S2/c1-20-12-26(28(18-40-20)34(51)43-36-45-47-38(53-2)56-36)22-9-10-30-23(13-22)14-25(42-30)15-24-16-27(29(19-41-24)35(52)44-37-46-48-39(54-3)57-37)32-17-31(21-7-8-21)49-50(32)33-6-4-5-11-55-33/h9-10,12-14,16-19,21,33,42H,4-8,11,15H2,1-3H3,(H,43,45,51)(H,44,46,52). The van der Waals surface area contributed by atoms with Crippen LogP contribution in [0.3, 0.4) is 0 Å². The quantitative estimate of drug-likeness (QED) is 0.113. The fraction of sp³-hybridized carbons (Fsp3) is 0.308. The minimum Gasteiger partial charge on any atom is -0.472 e. The molecule has 18 heteroatoms. The van der Waals surface area contributed by atoms with Gasteiger partial charge in [-0.15, -0.1) is 10.2 Å². The molecule has 290 valence electrons. The van der Waals surface area contributed by atoms with Crippen molar-refractivity contribution in [1.82, 2.24) is 45.1 Å². The number of aromatic nitrogens is 9. The molecule has 7 heterocycles. The largest absolute Gasteiger partial charge is 0.472 e. The molecular weight excluding hydrogens is 767 g/mol. The second-order valence-electron chi connectivity index (χ2n) is 13.9. The van der Waals surface area contributed by atoms with Crippen LogP contribution in [0.15, 0.2) is 54.9 Å². The number of nitrogens with zero attached hydrogens (tertiary/aromatic N) is 8. The zero-order valence-electron chi connectivity index (χ0n) is 31.2. The number of aryl methyl sites for hydroxylation is 1. The Bertz CT molecular complexity index is 2620. The Balaban J connectivity index is 1.04. The predicted octanol–water partition coefficient (Wildman–Crippen LogP) is 7.19. The molecule has 9 rings (SSSR count). The monoisotopic (exact) mass is 803 g/mol. The average Bonchev–Trinajstić information content (AvgIpc) is 3.55. The van der Waals surface area contributed by atoms with Crippen molar-refractivity contribution in [2.24, 2.45) is 0 Å². The summed E-state index contributed by atoms with van der Waals surface area (Å²) in [5.41, 5.74) is 8.28. The van der Waals surface area contributed by atoms with Crippen molar-refractivity contribution in [3.8, 4) is 32.8 Å². The van der Waals surface area contributed by atoms with Crippen molar-refractivity contribution >= 4 is 55.7 Å². The maximum atomic E-state index is 13.9. The molecule has 1 aliphatic heterocycles. The average molecular weight is 804 g/mol. The number of fused-ring (bicyclic) bond motifs is 1. The van der Waals surface area contributed by atoms with Gasteiger partial charge < -0.3 is 19.2 Å². The number of nitrogens with one attached hydrogen (secondary N) is 3. The Hall–Kier alpha value is -6.11. The molecular formula is C39H37N11O5S2. The van der Waals surface area contributed by atoms with E-state index in [0.29, 0.717) is 56.3 Å². The number of H-pyrrole nitrogens is 1. The number of methoxy groups -OCH3 is 2. The van der Waals surface area contributed by atoms with E-state index in [4.69, 9.17) is 24.3 Å². The molecule has 2 aliphatic rings. The molecule has 1 unspecified atom stereocenters. The Morgan fingerprint density at radius 2 is 1.58 bits per heavy atom. The summed E-state index contributed by atoms with van der Waals surface area (Å²) in [5, 5.41) is 28.9. The number of aromatic amines is 1. The molecule has 16 nitrogen and oxygen atoms in total. The Labute approximate surface area is 334 Å². The van der Waals surface area contributed by atoms with Gasteiger partial charge >= 0.3 is 0 Å². The highest BCUT2D eigenvalue weighted by Crippen LogP contribution is 2.42. The maximum absolute atomic E-state index is 13.9. The first-order chi connectivity index (χ1) is 27.8. The lowest BCUT2D eigenvalue weighted by Crippen LogP contribution is -2.21. The number of rotatable bonds is 12. The molecule has 0 radical (unpaired) electrons. The minimum atomic E-state index is -0.367. The van der Waals surface area contributed by atoms with Gasteiger partial charge in [-0.3, -0.25) is 30.2 Å². The van der Waals surface area contributed by atoms with Gasteiger partial charge in [-0.25, -0.2) is 4.68 Å². The summed E-state index contributed by atoms with van der Waals surface area (Å²) in [5.74, 6) is -0.319. The SMILES string of the molecule is COc1nnc(NC(=O)c2cnc(C)cc2-c2ccc3[nH]c(Cc4cc(-c5cc(C6CC6)nn5C5CCCCO5)c(C(=O)Nc5nnc(OC)s5)cn4)cc3c2)s1. The molecule has 1 aromatic carbocycles. The first kappa shape index (κ1) is 36.5. The molecule has 6 aromatic heterocycles. The minimum absolute atomic E-state index is 0.229. The number of hydrogen-bond donors (Lipinski definition) is 3. The summed E-state index contributed by atoms with van der Waals surface area (Å²) in [7, 11) is 3.00. The first-order valence-corrected chi connectivity index (χ1v) is 20.1. The molecule has 7 aromatic rings.